The van der Waals surface area contributed by atoms with Crippen molar-refractivity contribution in [1.82, 2.24) is 14.8 Å². The largest absolute Gasteiger partial charge is 0.480 e. The number of carbonyl (C=O) groups is 2. The monoisotopic (exact) mass is 556 g/mol. The molecule has 9 heteroatoms. The average Bonchev–Trinajstić information content (AvgIpc) is 3.28. The van der Waals surface area contributed by atoms with Gasteiger partial charge in [0.1, 0.15) is 5.15 Å². The maximum Gasteiger partial charge on any atom is 0.328 e. The van der Waals surface area contributed by atoms with E-state index in [0.29, 0.717) is 34.7 Å². The first-order chi connectivity index (χ1) is 19.0. The van der Waals surface area contributed by atoms with Gasteiger partial charge in [0.05, 0.1) is 28.7 Å². The van der Waals surface area contributed by atoms with Crippen LogP contribution in [-0.4, -0.2) is 31.7 Å². The summed E-state index contributed by atoms with van der Waals surface area (Å²) in [7, 11) is 0. The molecule has 1 amide bonds. The fourth-order valence-electron chi connectivity index (χ4n) is 4.33. The molecule has 3 aromatic carbocycles. The predicted octanol–water partition coefficient (Wildman–Crippen LogP) is 7.33. The van der Waals surface area contributed by atoms with Crippen molar-refractivity contribution in [2.24, 2.45) is 0 Å². The van der Waals surface area contributed by atoms with Gasteiger partial charge < -0.3 is 10.4 Å². The highest BCUT2D eigenvalue weighted by Crippen LogP contribution is 2.37. The number of rotatable bonds is 9. The van der Waals surface area contributed by atoms with E-state index >= 15 is 0 Å². The number of aliphatic carboxylic acids is 1. The summed E-state index contributed by atoms with van der Waals surface area (Å²) in [5, 5.41) is 18.5. The second kappa shape index (κ2) is 11.7. The molecule has 0 aliphatic carbocycles. The summed E-state index contributed by atoms with van der Waals surface area (Å²) in [4.78, 5) is 30.4. The van der Waals surface area contributed by atoms with Crippen LogP contribution in [0.25, 0.3) is 22.2 Å². The summed E-state index contributed by atoms with van der Waals surface area (Å²) in [6.45, 7) is 1.79. The third-order valence-electron chi connectivity index (χ3n) is 6.31. The van der Waals surface area contributed by atoms with Crippen molar-refractivity contribution >= 4 is 51.8 Å². The van der Waals surface area contributed by atoms with Crippen LogP contribution in [0.1, 0.15) is 35.3 Å². The molecule has 1 unspecified atom stereocenters. The summed E-state index contributed by atoms with van der Waals surface area (Å²) in [6, 6.07) is 25.6. The zero-order valence-corrected chi connectivity index (χ0v) is 22.6. The maximum atomic E-state index is 13.3. The summed E-state index contributed by atoms with van der Waals surface area (Å²) < 4.78 is 1.38. The van der Waals surface area contributed by atoms with Crippen molar-refractivity contribution in [3.05, 3.63) is 107 Å². The van der Waals surface area contributed by atoms with Crippen LogP contribution < -0.4 is 5.32 Å². The zero-order chi connectivity index (χ0) is 27.4. The van der Waals surface area contributed by atoms with Gasteiger partial charge in [-0.1, -0.05) is 79.2 Å². The molecule has 0 aliphatic rings. The van der Waals surface area contributed by atoms with E-state index in [4.69, 9.17) is 11.6 Å². The minimum absolute atomic E-state index is 0.253. The van der Waals surface area contributed by atoms with Gasteiger partial charge in [0.2, 0.25) is 0 Å². The highest BCUT2D eigenvalue weighted by atomic mass is 35.5. The number of carboxylic acids is 1. The van der Waals surface area contributed by atoms with E-state index in [-0.39, 0.29) is 11.1 Å². The second-order valence-electron chi connectivity index (χ2n) is 8.85. The number of amides is 1. The van der Waals surface area contributed by atoms with Crippen molar-refractivity contribution in [3.63, 3.8) is 0 Å². The fourth-order valence-corrected chi connectivity index (χ4v) is 5.79. The van der Waals surface area contributed by atoms with Crippen LogP contribution in [0.15, 0.2) is 96.0 Å². The first-order valence-electron chi connectivity index (χ1n) is 12.4. The molecule has 2 N–H and O–H groups in total. The van der Waals surface area contributed by atoms with Crippen molar-refractivity contribution in [2.45, 2.75) is 30.0 Å². The van der Waals surface area contributed by atoms with Crippen molar-refractivity contribution in [3.8, 4) is 11.3 Å². The normalized spacial score (nSPS) is 11.8. The van der Waals surface area contributed by atoms with E-state index in [2.05, 4.69) is 15.4 Å². The SMILES string of the molecule is CCC(C(=O)O)n1nc(-c2ccccc2)c(CSc2ccccc2C(=O)Nc2cnc3ccccc3c2)c1Cl. The van der Waals surface area contributed by atoms with Crippen LogP contribution >= 0.6 is 23.4 Å². The fraction of sp³-hybridized carbons (Fsp3) is 0.133. The molecule has 0 spiro atoms. The lowest BCUT2D eigenvalue weighted by molar-refractivity contribution is -0.141. The van der Waals surface area contributed by atoms with Gasteiger partial charge in [0.25, 0.3) is 5.91 Å². The molecule has 2 aromatic heterocycles. The standard InChI is InChI=1S/C30H25ClN4O3S/c1-2-25(30(37)38)35-28(31)23(27(34-35)19-10-4-3-5-11-19)18-39-26-15-9-7-13-22(26)29(36)33-21-16-20-12-6-8-14-24(20)32-17-21/h3-17,25H,2,18H2,1H3,(H,33,36)(H,37,38). The number of nitrogens with zero attached hydrogens (tertiary/aromatic N) is 3. The minimum atomic E-state index is -0.995. The predicted molar refractivity (Wildman–Crippen MR) is 155 cm³/mol. The van der Waals surface area contributed by atoms with E-state index < -0.39 is 12.0 Å². The van der Waals surface area contributed by atoms with Gasteiger partial charge in [-0.3, -0.25) is 9.78 Å². The van der Waals surface area contributed by atoms with Gasteiger partial charge in [-0.25, -0.2) is 9.48 Å². The lowest BCUT2D eigenvalue weighted by Gasteiger charge is -2.12. The number of carboxylic acid groups (broad SMARTS) is 1. The third-order valence-corrected chi connectivity index (χ3v) is 7.81. The van der Waals surface area contributed by atoms with Crippen molar-refractivity contribution in [1.29, 1.82) is 0 Å². The van der Waals surface area contributed by atoms with Gasteiger partial charge in [0, 0.05) is 27.2 Å². The Kier molecular flexibility index (Phi) is 7.95. The summed E-state index contributed by atoms with van der Waals surface area (Å²) >= 11 is 8.20. The number of nitrogens with one attached hydrogen (secondary N) is 1. The van der Waals surface area contributed by atoms with Crippen LogP contribution in [0, 0.1) is 0 Å². The number of thioether (sulfide) groups is 1. The molecule has 1 atom stereocenters. The Balaban J connectivity index is 1.43. The second-order valence-corrected chi connectivity index (χ2v) is 10.2. The molecule has 39 heavy (non-hydrogen) atoms. The first-order valence-corrected chi connectivity index (χ1v) is 13.8. The molecule has 0 radical (unpaired) electrons. The molecule has 0 saturated carbocycles. The molecular weight excluding hydrogens is 532 g/mol. The number of hydrogen-bond donors (Lipinski definition) is 2. The molecule has 0 fully saturated rings. The molecular formula is C30H25ClN4O3S. The van der Waals surface area contributed by atoms with Crippen LogP contribution in [0.4, 0.5) is 5.69 Å². The Bertz CT molecular complexity index is 1660. The Morgan fingerprint density at radius 3 is 2.51 bits per heavy atom. The minimum Gasteiger partial charge on any atom is -0.480 e. The van der Waals surface area contributed by atoms with Gasteiger partial charge in [-0.05, 0) is 30.7 Å². The number of fused-ring (bicyclic) bond motifs is 1. The number of pyridine rings is 1. The Morgan fingerprint density at radius 1 is 1.03 bits per heavy atom. The Labute approximate surface area is 234 Å². The molecule has 0 saturated heterocycles. The Hall–Kier alpha value is -4.14. The van der Waals surface area contributed by atoms with Crippen LogP contribution in [0.3, 0.4) is 0 Å². The molecule has 0 aliphatic heterocycles. The molecule has 5 aromatic rings. The molecule has 7 nitrogen and oxygen atoms in total. The average molecular weight is 557 g/mol. The van der Waals surface area contributed by atoms with Crippen LogP contribution in [0.5, 0.6) is 0 Å². The topological polar surface area (TPSA) is 97.1 Å². The van der Waals surface area contributed by atoms with Crippen LogP contribution in [-0.2, 0) is 10.5 Å². The molecule has 5 rings (SSSR count). The van der Waals surface area contributed by atoms with Gasteiger partial charge >= 0.3 is 5.97 Å². The van der Waals surface area contributed by atoms with Crippen LogP contribution in [0.2, 0.25) is 5.15 Å². The van der Waals surface area contributed by atoms with Crippen molar-refractivity contribution in [2.75, 3.05) is 5.32 Å². The number of hydrogen-bond acceptors (Lipinski definition) is 5. The quantitative estimate of drug-likeness (QED) is 0.184. The van der Waals surface area contributed by atoms with Gasteiger partial charge in [-0.15, -0.1) is 11.8 Å². The van der Waals surface area contributed by atoms with Gasteiger partial charge in [-0.2, -0.15) is 5.10 Å². The third kappa shape index (κ3) is 5.67. The highest BCUT2D eigenvalue weighted by molar-refractivity contribution is 7.98. The van der Waals surface area contributed by atoms with E-state index in [0.717, 1.165) is 21.4 Å². The summed E-state index contributed by atoms with van der Waals surface area (Å²) in [5.41, 5.74) is 4.14. The summed E-state index contributed by atoms with van der Waals surface area (Å²) in [5.74, 6) is -0.857. The number of anilines is 1. The Morgan fingerprint density at radius 2 is 1.74 bits per heavy atom. The van der Waals surface area contributed by atoms with E-state index in [1.54, 1.807) is 19.2 Å². The number of para-hydroxylation sites is 1. The van der Waals surface area contributed by atoms with E-state index in [1.165, 1.54) is 16.4 Å². The summed E-state index contributed by atoms with van der Waals surface area (Å²) in [6.07, 6.45) is 1.98. The number of aromatic nitrogens is 3. The van der Waals surface area contributed by atoms with Crippen molar-refractivity contribution < 1.29 is 14.7 Å². The number of halogens is 1. The maximum absolute atomic E-state index is 13.3. The molecule has 2 heterocycles. The lowest BCUT2D eigenvalue weighted by atomic mass is 10.1. The molecule has 0 bridgehead atoms. The number of carbonyl (C=O) groups excluding carboxylic acids is 1. The lowest BCUT2D eigenvalue weighted by Crippen LogP contribution is -2.19. The molecule has 196 valence electrons. The smallest absolute Gasteiger partial charge is 0.328 e. The highest BCUT2D eigenvalue weighted by Gasteiger charge is 2.26. The van der Waals surface area contributed by atoms with E-state index in [1.807, 2.05) is 78.9 Å². The van der Waals surface area contributed by atoms with E-state index in [9.17, 15) is 14.7 Å². The van der Waals surface area contributed by atoms with Gasteiger partial charge in [0.15, 0.2) is 6.04 Å². The number of benzene rings is 3. The zero-order valence-electron chi connectivity index (χ0n) is 21.0. The first kappa shape index (κ1) is 26.5.